The molecule has 0 aliphatic rings. The molecule has 0 fully saturated rings. The predicted octanol–water partition coefficient (Wildman–Crippen LogP) is 4.95. The van der Waals surface area contributed by atoms with Crippen LogP contribution in [-0.4, -0.2) is 23.9 Å². The van der Waals surface area contributed by atoms with E-state index < -0.39 is 6.04 Å². The fourth-order valence-electron chi connectivity index (χ4n) is 2.52. The van der Waals surface area contributed by atoms with Crippen LogP contribution in [-0.2, 0) is 4.79 Å². The van der Waals surface area contributed by atoms with Crippen LogP contribution in [0.15, 0.2) is 42.5 Å². The van der Waals surface area contributed by atoms with E-state index in [2.05, 4.69) is 10.6 Å². The van der Waals surface area contributed by atoms with Gasteiger partial charge in [-0.25, -0.2) is 9.18 Å². The van der Waals surface area contributed by atoms with Crippen molar-refractivity contribution in [3.05, 3.63) is 59.4 Å². The first-order valence-electron chi connectivity index (χ1n) is 8.90. The molecule has 2 aromatic carbocycles. The Morgan fingerprint density at radius 2 is 1.70 bits per heavy atom. The van der Waals surface area contributed by atoms with Crippen LogP contribution < -0.4 is 10.6 Å². The number of nitrogens with zero attached hydrogens (tertiary/aromatic N) is 1. The zero-order valence-corrected chi connectivity index (χ0v) is 16.3. The molecule has 6 heteroatoms. The number of benzene rings is 2. The van der Waals surface area contributed by atoms with Crippen LogP contribution in [0.4, 0.5) is 20.6 Å². The van der Waals surface area contributed by atoms with Crippen molar-refractivity contribution >= 4 is 23.3 Å². The molecule has 0 saturated carbocycles. The number of rotatable bonds is 5. The summed E-state index contributed by atoms with van der Waals surface area (Å²) in [5, 5.41) is 5.65. The van der Waals surface area contributed by atoms with Gasteiger partial charge in [0, 0.05) is 29.9 Å². The highest BCUT2D eigenvalue weighted by Gasteiger charge is 2.20. The maximum absolute atomic E-state index is 14.0. The number of carbonyl (C=O) groups excluding carboxylic acids is 2. The minimum atomic E-state index is -0.435. The highest BCUT2D eigenvalue weighted by atomic mass is 19.1. The molecule has 0 bridgehead atoms. The van der Waals surface area contributed by atoms with E-state index in [1.165, 1.54) is 11.0 Å². The molecule has 0 aliphatic carbocycles. The summed E-state index contributed by atoms with van der Waals surface area (Å²) in [6.45, 7) is 7.25. The first-order valence-corrected chi connectivity index (χ1v) is 8.90. The van der Waals surface area contributed by atoms with Gasteiger partial charge in [-0.15, -0.1) is 0 Å². The van der Waals surface area contributed by atoms with Crippen LogP contribution >= 0.6 is 0 Å². The quantitative estimate of drug-likeness (QED) is 0.781. The van der Waals surface area contributed by atoms with Gasteiger partial charge >= 0.3 is 6.03 Å². The maximum atomic E-state index is 14.0. The Morgan fingerprint density at radius 3 is 2.33 bits per heavy atom. The molecule has 0 radical (unpaired) electrons. The summed E-state index contributed by atoms with van der Waals surface area (Å²) in [4.78, 5) is 26.0. The van der Waals surface area contributed by atoms with Crippen LogP contribution in [0.1, 0.15) is 37.9 Å². The fourth-order valence-corrected chi connectivity index (χ4v) is 2.52. The molecule has 2 aromatic rings. The lowest BCUT2D eigenvalue weighted by molar-refractivity contribution is -0.118. The minimum absolute atomic E-state index is 0.0959. The van der Waals surface area contributed by atoms with Crippen molar-refractivity contribution in [3.8, 4) is 0 Å². The van der Waals surface area contributed by atoms with E-state index in [4.69, 9.17) is 0 Å². The highest BCUT2D eigenvalue weighted by molar-refractivity contribution is 5.94. The van der Waals surface area contributed by atoms with Crippen LogP contribution in [0, 0.1) is 18.7 Å². The van der Waals surface area contributed by atoms with Gasteiger partial charge in [0.1, 0.15) is 5.82 Å². The maximum Gasteiger partial charge on any atom is 0.322 e. The third-order valence-electron chi connectivity index (χ3n) is 4.53. The van der Waals surface area contributed by atoms with Crippen LogP contribution in [0.5, 0.6) is 0 Å². The van der Waals surface area contributed by atoms with Gasteiger partial charge in [-0.3, -0.25) is 4.79 Å². The molecular weight excluding hydrogens is 345 g/mol. The number of amides is 3. The molecule has 3 amide bonds. The second kappa shape index (κ2) is 8.66. The second-order valence-electron chi connectivity index (χ2n) is 6.91. The SMILES string of the molecule is Cc1ccc(NC(=O)C(C)C)cc1NC(=O)N(C)C(C)c1ccccc1F. The second-order valence-corrected chi connectivity index (χ2v) is 6.91. The number of urea groups is 1. The Kier molecular flexibility index (Phi) is 6.55. The first-order chi connectivity index (χ1) is 12.7. The Hall–Kier alpha value is -2.89. The van der Waals surface area contributed by atoms with Gasteiger partial charge in [-0.1, -0.05) is 38.1 Å². The fraction of sp³-hybridized carbons (Fsp3) is 0.333. The highest BCUT2D eigenvalue weighted by Crippen LogP contribution is 2.25. The van der Waals surface area contributed by atoms with E-state index >= 15 is 0 Å². The van der Waals surface area contributed by atoms with Gasteiger partial charge in [-0.05, 0) is 37.6 Å². The molecule has 0 spiro atoms. The van der Waals surface area contributed by atoms with Crippen molar-refractivity contribution in [2.24, 2.45) is 5.92 Å². The monoisotopic (exact) mass is 371 g/mol. The van der Waals surface area contributed by atoms with Gasteiger partial charge in [-0.2, -0.15) is 0 Å². The summed E-state index contributed by atoms with van der Waals surface area (Å²) >= 11 is 0. The van der Waals surface area contributed by atoms with Crippen molar-refractivity contribution in [3.63, 3.8) is 0 Å². The van der Waals surface area contributed by atoms with Gasteiger partial charge in [0.15, 0.2) is 0 Å². The lowest BCUT2D eigenvalue weighted by Gasteiger charge is -2.26. The third kappa shape index (κ3) is 5.06. The average molecular weight is 371 g/mol. The minimum Gasteiger partial charge on any atom is -0.326 e. The van der Waals surface area contributed by atoms with Gasteiger partial charge in [0.25, 0.3) is 0 Å². The number of carbonyl (C=O) groups is 2. The molecule has 5 nitrogen and oxygen atoms in total. The van der Waals surface area contributed by atoms with E-state index in [9.17, 15) is 14.0 Å². The van der Waals surface area contributed by atoms with E-state index in [-0.39, 0.29) is 23.7 Å². The number of hydrogen-bond acceptors (Lipinski definition) is 2. The number of halogens is 1. The summed E-state index contributed by atoms with van der Waals surface area (Å²) < 4.78 is 14.0. The summed E-state index contributed by atoms with van der Waals surface area (Å²) in [5.74, 6) is -0.585. The smallest absolute Gasteiger partial charge is 0.322 e. The standard InChI is InChI=1S/C21H26FN3O2/c1-13(2)20(26)23-16-11-10-14(3)19(12-16)24-21(27)25(5)15(4)17-8-6-7-9-18(17)22/h6-13,15H,1-5H3,(H,23,26)(H,24,27). The third-order valence-corrected chi connectivity index (χ3v) is 4.53. The van der Waals surface area contributed by atoms with Crippen LogP contribution in [0.2, 0.25) is 0 Å². The summed E-state index contributed by atoms with van der Waals surface area (Å²) in [6.07, 6.45) is 0. The predicted molar refractivity (Wildman–Crippen MR) is 106 cm³/mol. The van der Waals surface area contributed by atoms with Gasteiger partial charge in [0.2, 0.25) is 5.91 Å². The van der Waals surface area contributed by atoms with E-state index in [0.717, 1.165) is 5.56 Å². The largest absolute Gasteiger partial charge is 0.326 e. The summed E-state index contributed by atoms with van der Waals surface area (Å²) in [5.41, 5.74) is 2.51. The molecule has 144 valence electrons. The Morgan fingerprint density at radius 1 is 1.04 bits per heavy atom. The molecule has 0 aliphatic heterocycles. The lowest BCUT2D eigenvalue weighted by atomic mass is 10.1. The molecule has 0 saturated heterocycles. The molecule has 0 aromatic heterocycles. The Balaban J connectivity index is 2.14. The van der Waals surface area contributed by atoms with Crippen molar-refractivity contribution in [1.29, 1.82) is 0 Å². The average Bonchev–Trinajstić information content (AvgIpc) is 2.63. The van der Waals surface area contributed by atoms with Gasteiger partial charge < -0.3 is 15.5 Å². The topological polar surface area (TPSA) is 61.4 Å². The Labute approximate surface area is 159 Å². The molecule has 0 heterocycles. The summed E-state index contributed by atoms with van der Waals surface area (Å²) in [6, 6.07) is 10.9. The molecule has 1 unspecified atom stereocenters. The molecule has 2 N–H and O–H groups in total. The number of anilines is 2. The van der Waals surface area contributed by atoms with Crippen LogP contribution in [0.25, 0.3) is 0 Å². The molecule has 27 heavy (non-hydrogen) atoms. The van der Waals surface area contributed by atoms with E-state index in [0.29, 0.717) is 16.9 Å². The molecule has 1 atom stereocenters. The first kappa shape index (κ1) is 20.4. The van der Waals surface area contributed by atoms with Crippen LogP contribution in [0.3, 0.4) is 0 Å². The molecular formula is C21H26FN3O2. The van der Waals surface area contributed by atoms with Crippen molar-refractivity contribution in [1.82, 2.24) is 4.90 Å². The normalized spacial score (nSPS) is 11.8. The number of nitrogens with one attached hydrogen (secondary N) is 2. The van der Waals surface area contributed by atoms with Crippen molar-refractivity contribution < 1.29 is 14.0 Å². The number of hydrogen-bond donors (Lipinski definition) is 2. The van der Waals surface area contributed by atoms with Crippen molar-refractivity contribution in [2.45, 2.75) is 33.7 Å². The Bertz CT molecular complexity index is 836. The van der Waals surface area contributed by atoms with E-state index in [1.54, 1.807) is 44.3 Å². The summed E-state index contributed by atoms with van der Waals surface area (Å²) in [7, 11) is 1.62. The van der Waals surface area contributed by atoms with E-state index in [1.807, 2.05) is 26.8 Å². The molecule has 2 rings (SSSR count). The zero-order valence-electron chi connectivity index (χ0n) is 16.3. The number of aryl methyl sites for hydroxylation is 1. The zero-order chi connectivity index (χ0) is 20.1. The van der Waals surface area contributed by atoms with Gasteiger partial charge in [0.05, 0.1) is 6.04 Å². The van der Waals surface area contributed by atoms with Crippen molar-refractivity contribution in [2.75, 3.05) is 17.7 Å². The lowest BCUT2D eigenvalue weighted by Crippen LogP contribution is -2.34.